The fraction of sp³-hybridized carbons (Fsp3) is 0.615. The Balaban J connectivity index is 2.86. The maximum atomic E-state index is 5.82. The Labute approximate surface area is 109 Å². The lowest BCUT2D eigenvalue weighted by Gasteiger charge is -2.30. The molecule has 0 aromatic carbocycles. The van der Waals surface area contributed by atoms with E-state index in [2.05, 4.69) is 29.8 Å². The average Bonchev–Trinajstić information content (AvgIpc) is 2.39. The highest BCUT2D eigenvalue weighted by Gasteiger charge is 2.13. The minimum atomic E-state index is 0.451. The highest BCUT2D eigenvalue weighted by molar-refractivity contribution is 6.16. The van der Waals surface area contributed by atoms with Gasteiger partial charge in [0.2, 0.25) is 0 Å². The van der Waals surface area contributed by atoms with Crippen molar-refractivity contribution < 1.29 is 4.74 Å². The molecule has 96 valence electrons. The van der Waals surface area contributed by atoms with Crippen LogP contribution < -0.4 is 4.90 Å². The summed E-state index contributed by atoms with van der Waals surface area (Å²) in [6.45, 7) is 6.02. The van der Waals surface area contributed by atoms with E-state index in [1.165, 1.54) is 5.69 Å². The molecule has 1 aromatic rings. The molecular weight excluding hydrogens is 236 g/mol. The van der Waals surface area contributed by atoms with Gasteiger partial charge in [-0.1, -0.05) is 6.92 Å². The molecule has 0 saturated heterocycles. The number of ether oxygens (including phenoxy) is 1. The summed E-state index contributed by atoms with van der Waals surface area (Å²) in [6, 6.07) is 4.56. The molecule has 0 aliphatic rings. The number of aromatic nitrogens is 1. The lowest BCUT2D eigenvalue weighted by Crippen LogP contribution is -2.35. The van der Waals surface area contributed by atoms with Gasteiger partial charge in [-0.2, -0.15) is 0 Å². The molecule has 17 heavy (non-hydrogen) atoms. The molecule has 0 spiro atoms. The molecule has 0 N–H and O–H groups in total. The molecule has 0 radical (unpaired) electrons. The molecule has 4 heteroatoms. The van der Waals surface area contributed by atoms with E-state index >= 15 is 0 Å². The van der Waals surface area contributed by atoms with Crippen molar-refractivity contribution in [1.29, 1.82) is 0 Å². The predicted octanol–water partition coefficient (Wildman–Crippen LogP) is 3.07. The third-order valence-corrected chi connectivity index (χ3v) is 3.20. The molecule has 1 atom stereocenters. The van der Waals surface area contributed by atoms with Crippen molar-refractivity contribution in [3.63, 3.8) is 0 Å². The molecule has 1 aromatic heterocycles. The number of methoxy groups -OCH3 is 1. The summed E-state index contributed by atoms with van der Waals surface area (Å²) < 4.78 is 5.16. The molecule has 0 aliphatic heterocycles. The second-order valence-electron chi connectivity index (χ2n) is 4.08. The third-order valence-electron chi connectivity index (χ3n) is 2.93. The molecule has 1 rings (SSSR count). The van der Waals surface area contributed by atoms with Crippen molar-refractivity contribution in [2.45, 2.75) is 32.2 Å². The van der Waals surface area contributed by atoms with E-state index in [9.17, 15) is 0 Å². The van der Waals surface area contributed by atoms with Gasteiger partial charge >= 0.3 is 0 Å². The van der Waals surface area contributed by atoms with Gasteiger partial charge < -0.3 is 9.64 Å². The van der Waals surface area contributed by atoms with E-state index in [4.69, 9.17) is 16.3 Å². The van der Waals surface area contributed by atoms with Crippen molar-refractivity contribution >= 4 is 17.3 Å². The van der Waals surface area contributed by atoms with Crippen LogP contribution in [0, 0.1) is 0 Å². The number of hydrogen-bond acceptors (Lipinski definition) is 3. The Bertz CT molecular complexity index is 333. The quantitative estimate of drug-likeness (QED) is 0.701. The first-order valence-electron chi connectivity index (χ1n) is 5.99. The van der Waals surface area contributed by atoms with Gasteiger partial charge in [0.1, 0.15) is 0 Å². The first-order valence-corrected chi connectivity index (χ1v) is 6.52. The van der Waals surface area contributed by atoms with Crippen molar-refractivity contribution in [2.75, 3.05) is 25.2 Å². The van der Waals surface area contributed by atoms with Gasteiger partial charge in [0, 0.05) is 31.6 Å². The number of rotatable bonds is 7. The Kier molecular flexibility index (Phi) is 6.30. The Morgan fingerprint density at radius 1 is 1.53 bits per heavy atom. The largest absolute Gasteiger partial charge is 0.383 e. The number of halogens is 1. The molecule has 1 heterocycles. The Morgan fingerprint density at radius 3 is 2.88 bits per heavy atom. The minimum Gasteiger partial charge on any atom is -0.383 e. The van der Waals surface area contributed by atoms with Crippen LogP contribution in [-0.2, 0) is 10.6 Å². The predicted molar refractivity (Wildman–Crippen MR) is 72.8 cm³/mol. The van der Waals surface area contributed by atoms with E-state index in [0.29, 0.717) is 11.9 Å². The van der Waals surface area contributed by atoms with E-state index in [0.717, 1.165) is 25.3 Å². The summed E-state index contributed by atoms with van der Waals surface area (Å²) in [5.74, 6) is 0.451. The molecule has 0 aliphatic carbocycles. The summed E-state index contributed by atoms with van der Waals surface area (Å²) in [6.07, 6.45) is 2.91. The van der Waals surface area contributed by atoms with Gasteiger partial charge in [0.25, 0.3) is 0 Å². The number of nitrogens with zero attached hydrogens (tertiary/aromatic N) is 2. The van der Waals surface area contributed by atoms with Crippen LogP contribution in [0.2, 0.25) is 0 Å². The van der Waals surface area contributed by atoms with Crippen LogP contribution in [0.3, 0.4) is 0 Å². The zero-order valence-electron chi connectivity index (χ0n) is 10.8. The van der Waals surface area contributed by atoms with E-state index in [1.807, 2.05) is 12.3 Å². The van der Waals surface area contributed by atoms with Crippen LogP contribution in [0.15, 0.2) is 18.3 Å². The summed E-state index contributed by atoms with van der Waals surface area (Å²) in [5.41, 5.74) is 2.08. The average molecular weight is 257 g/mol. The van der Waals surface area contributed by atoms with Gasteiger partial charge in [0.05, 0.1) is 18.2 Å². The number of alkyl halides is 1. The second kappa shape index (κ2) is 7.51. The number of pyridine rings is 1. The Hall–Kier alpha value is -0.800. The number of anilines is 1. The van der Waals surface area contributed by atoms with E-state index in [-0.39, 0.29) is 0 Å². The van der Waals surface area contributed by atoms with Crippen molar-refractivity contribution in [1.82, 2.24) is 4.98 Å². The van der Waals surface area contributed by atoms with Crippen LogP contribution >= 0.6 is 11.6 Å². The topological polar surface area (TPSA) is 25.4 Å². The molecular formula is C13H21ClN2O. The van der Waals surface area contributed by atoms with Crippen LogP contribution in [0.5, 0.6) is 0 Å². The van der Waals surface area contributed by atoms with Gasteiger partial charge in [-0.25, -0.2) is 0 Å². The first kappa shape index (κ1) is 14.3. The molecule has 1 unspecified atom stereocenters. The van der Waals surface area contributed by atoms with Crippen LogP contribution in [0.25, 0.3) is 0 Å². The van der Waals surface area contributed by atoms with Crippen LogP contribution in [-0.4, -0.2) is 31.3 Å². The monoisotopic (exact) mass is 256 g/mol. The Morgan fingerprint density at radius 2 is 2.29 bits per heavy atom. The lowest BCUT2D eigenvalue weighted by atomic mass is 10.2. The van der Waals surface area contributed by atoms with Crippen molar-refractivity contribution in [2.24, 2.45) is 0 Å². The zero-order chi connectivity index (χ0) is 12.7. The SMILES string of the molecule is CCC(C)N(CCOC)c1ccnc(CCl)c1. The zero-order valence-corrected chi connectivity index (χ0v) is 11.6. The molecule has 0 bridgehead atoms. The summed E-state index contributed by atoms with van der Waals surface area (Å²) in [4.78, 5) is 6.55. The normalized spacial score (nSPS) is 12.5. The maximum Gasteiger partial charge on any atom is 0.0648 e. The summed E-state index contributed by atoms with van der Waals surface area (Å²) in [5, 5.41) is 0. The van der Waals surface area contributed by atoms with Gasteiger partial charge in [-0.3, -0.25) is 4.98 Å². The van der Waals surface area contributed by atoms with Crippen LogP contribution in [0.1, 0.15) is 26.0 Å². The van der Waals surface area contributed by atoms with Crippen molar-refractivity contribution in [3.8, 4) is 0 Å². The number of hydrogen-bond donors (Lipinski definition) is 0. The first-order chi connectivity index (χ1) is 8.22. The highest BCUT2D eigenvalue weighted by Crippen LogP contribution is 2.19. The van der Waals surface area contributed by atoms with E-state index < -0.39 is 0 Å². The standard InChI is InChI=1S/C13H21ClN2O/c1-4-11(2)16(7-8-17-3)13-5-6-15-12(9-13)10-14/h5-6,9,11H,4,7-8,10H2,1-3H3. The van der Waals surface area contributed by atoms with Crippen molar-refractivity contribution in [3.05, 3.63) is 24.0 Å². The fourth-order valence-electron chi connectivity index (χ4n) is 1.73. The lowest BCUT2D eigenvalue weighted by molar-refractivity contribution is 0.203. The third kappa shape index (κ3) is 4.17. The van der Waals surface area contributed by atoms with Crippen LogP contribution in [0.4, 0.5) is 5.69 Å². The maximum absolute atomic E-state index is 5.82. The minimum absolute atomic E-state index is 0.451. The van der Waals surface area contributed by atoms with E-state index in [1.54, 1.807) is 7.11 Å². The molecule has 3 nitrogen and oxygen atoms in total. The molecule has 0 saturated carbocycles. The van der Waals surface area contributed by atoms with Gasteiger partial charge in [-0.05, 0) is 25.5 Å². The molecule has 0 amide bonds. The van der Waals surface area contributed by atoms with Gasteiger partial charge in [0.15, 0.2) is 0 Å². The second-order valence-corrected chi connectivity index (χ2v) is 4.35. The summed E-state index contributed by atoms with van der Waals surface area (Å²) in [7, 11) is 1.73. The smallest absolute Gasteiger partial charge is 0.0648 e. The summed E-state index contributed by atoms with van der Waals surface area (Å²) >= 11 is 5.82. The van der Waals surface area contributed by atoms with Gasteiger partial charge in [-0.15, -0.1) is 11.6 Å². The fourth-order valence-corrected chi connectivity index (χ4v) is 1.88. The highest BCUT2D eigenvalue weighted by atomic mass is 35.5. The molecule has 0 fully saturated rings.